The van der Waals surface area contributed by atoms with Crippen molar-refractivity contribution in [1.82, 2.24) is 9.55 Å². The van der Waals surface area contributed by atoms with E-state index in [4.69, 9.17) is 12.2 Å². The van der Waals surface area contributed by atoms with Crippen LogP contribution in [0.15, 0.2) is 40.9 Å². The van der Waals surface area contributed by atoms with Gasteiger partial charge in [-0.2, -0.15) is 0 Å². The number of aromatic nitrogens is 2. The molecule has 0 saturated heterocycles. The highest BCUT2D eigenvalue weighted by Crippen LogP contribution is 2.27. The Hall–Kier alpha value is -1.53. The summed E-state index contributed by atoms with van der Waals surface area (Å²) in [4.78, 5) is 2.81. The number of benzene rings is 2. The topological polar surface area (TPSA) is 20.7 Å². The van der Waals surface area contributed by atoms with E-state index < -0.39 is 11.6 Å². The van der Waals surface area contributed by atoms with E-state index in [1.54, 1.807) is 4.57 Å². The first kappa shape index (κ1) is 14.4. The van der Waals surface area contributed by atoms with Crippen molar-refractivity contribution in [2.75, 3.05) is 0 Å². The van der Waals surface area contributed by atoms with E-state index in [9.17, 15) is 8.78 Å². The molecule has 3 aromatic rings. The predicted octanol–water partition coefficient (Wildman–Crippen LogP) is 5.35. The van der Waals surface area contributed by atoms with Gasteiger partial charge in [0.15, 0.2) is 10.6 Å². The lowest BCUT2D eigenvalue weighted by atomic mass is 10.1. The van der Waals surface area contributed by atoms with Crippen molar-refractivity contribution < 1.29 is 8.78 Å². The highest BCUT2D eigenvalue weighted by atomic mass is 79.9. The van der Waals surface area contributed by atoms with Crippen molar-refractivity contribution in [2.24, 2.45) is 0 Å². The number of imidazole rings is 1. The van der Waals surface area contributed by atoms with Gasteiger partial charge in [-0.25, -0.2) is 8.78 Å². The molecule has 0 amide bonds. The first-order chi connectivity index (χ1) is 9.97. The van der Waals surface area contributed by atoms with Crippen molar-refractivity contribution in [3.63, 3.8) is 0 Å². The highest BCUT2D eigenvalue weighted by Gasteiger charge is 2.16. The van der Waals surface area contributed by atoms with Gasteiger partial charge in [-0.15, -0.1) is 0 Å². The Bertz CT molecular complexity index is 868. The van der Waals surface area contributed by atoms with Crippen LogP contribution in [0, 0.1) is 16.4 Å². The average molecular weight is 369 g/mol. The number of halogens is 3. The first-order valence-corrected chi connectivity index (χ1v) is 7.52. The van der Waals surface area contributed by atoms with Gasteiger partial charge in [0.05, 0.1) is 11.6 Å². The summed E-state index contributed by atoms with van der Waals surface area (Å²) in [6.07, 6.45) is 0. The van der Waals surface area contributed by atoms with Crippen LogP contribution in [0.3, 0.4) is 0 Å². The summed E-state index contributed by atoms with van der Waals surface area (Å²) in [6, 6.07) is 9.75. The maximum absolute atomic E-state index is 13.8. The Balaban J connectivity index is 2.22. The number of nitrogens with zero attached hydrogens (tertiary/aromatic N) is 1. The molecule has 6 heteroatoms. The normalized spacial score (nSPS) is 12.8. The van der Waals surface area contributed by atoms with Gasteiger partial charge in [0.25, 0.3) is 0 Å². The van der Waals surface area contributed by atoms with Gasteiger partial charge >= 0.3 is 0 Å². The van der Waals surface area contributed by atoms with Gasteiger partial charge in [0.1, 0.15) is 11.3 Å². The molecule has 1 unspecified atom stereocenters. The fourth-order valence-corrected chi connectivity index (χ4v) is 3.05. The quantitative estimate of drug-likeness (QED) is 0.604. The van der Waals surface area contributed by atoms with Crippen LogP contribution in [-0.4, -0.2) is 9.55 Å². The summed E-state index contributed by atoms with van der Waals surface area (Å²) in [5.41, 5.74) is 1.65. The van der Waals surface area contributed by atoms with Crippen molar-refractivity contribution in [3.8, 4) is 0 Å². The molecule has 21 heavy (non-hydrogen) atoms. The molecule has 0 aliphatic heterocycles. The molecule has 3 rings (SSSR count). The standard InChI is InChI=1S/C15H11BrF2N2S/c1-8(9-2-4-10(16)5-3-9)20-13-7-11(17)6-12(18)14(13)19-15(20)21/h2-8H,1H3,(H,19,21). The maximum Gasteiger partial charge on any atom is 0.178 e. The largest absolute Gasteiger partial charge is 0.328 e. The molecule has 1 heterocycles. The third kappa shape index (κ3) is 2.53. The molecule has 0 aliphatic carbocycles. The van der Waals surface area contributed by atoms with Gasteiger partial charge in [-0.3, -0.25) is 0 Å². The summed E-state index contributed by atoms with van der Waals surface area (Å²) in [5, 5.41) is 0. The van der Waals surface area contributed by atoms with Crippen LogP contribution in [0.1, 0.15) is 18.5 Å². The summed E-state index contributed by atoms with van der Waals surface area (Å²) < 4.78 is 30.4. The van der Waals surface area contributed by atoms with E-state index in [1.165, 1.54) is 6.07 Å². The Morgan fingerprint density at radius 2 is 1.86 bits per heavy atom. The molecule has 0 aliphatic rings. The van der Waals surface area contributed by atoms with E-state index in [0.29, 0.717) is 10.3 Å². The summed E-state index contributed by atoms with van der Waals surface area (Å²) in [6.45, 7) is 1.94. The van der Waals surface area contributed by atoms with Gasteiger partial charge in [-0.05, 0) is 42.9 Å². The number of nitrogens with one attached hydrogen (secondary N) is 1. The minimum absolute atomic E-state index is 0.138. The second-order valence-corrected chi connectivity index (χ2v) is 6.11. The van der Waals surface area contributed by atoms with Crippen molar-refractivity contribution in [2.45, 2.75) is 13.0 Å². The molecule has 0 spiro atoms. The Kier molecular flexibility index (Phi) is 3.67. The zero-order chi connectivity index (χ0) is 15.1. The SMILES string of the molecule is CC(c1ccc(Br)cc1)n1c(=S)[nH]c2c(F)cc(F)cc21. The van der Waals surface area contributed by atoms with E-state index in [1.807, 2.05) is 31.2 Å². The zero-order valence-corrected chi connectivity index (χ0v) is 13.4. The molecule has 1 atom stereocenters. The number of hydrogen-bond donors (Lipinski definition) is 1. The maximum atomic E-state index is 13.8. The Morgan fingerprint density at radius 1 is 1.19 bits per heavy atom. The second-order valence-electron chi connectivity index (χ2n) is 4.81. The second kappa shape index (κ2) is 5.35. The molecular formula is C15H11BrF2N2S. The molecule has 1 aromatic heterocycles. The lowest BCUT2D eigenvalue weighted by molar-refractivity contribution is 0.588. The molecular weight excluding hydrogens is 358 g/mol. The summed E-state index contributed by atoms with van der Waals surface area (Å²) >= 11 is 8.65. The van der Waals surface area contributed by atoms with Crippen LogP contribution in [0.5, 0.6) is 0 Å². The van der Waals surface area contributed by atoms with Gasteiger partial charge in [0.2, 0.25) is 0 Å². The number of H-pyrrole nitrogens is 1. The minimum atomic E-state index is -0.641. The van der Waals surface area contributed by atoms with Crippen molar-refractivity contribution in [1.29, 1.82) is 0 Å². The minimum Gasteiger partial charge on any atom is -0.328 e. The highest BCUT2D eigenvalue weighted by molar-refractivity contribution is 9.10. The van der Waals surface area contributed by atoms with Crippen LogP contribution in [0.25, 0.3) is 11.0 Å². The molecule has 0 bridgehead atoms. The number of aromatic amines is 1. The van der Waals surface area contributed by atoms with Gasteiger partial charge in [-0.1, -0.05) is 28.1 Å². The van der Waals surface area contributed by atoms with Crippen LogP contribution in [0.4, 0.5) is 8.78 Å². The zero-order valence-electron chi connectivity index (χ0n) is 11.0. The van der Waals surface area contributed by atoms with Crippen molar-refractivity contribution in [3.05, 3.63) is 62.8 Å². The Labute approximate surface area is 133 Å². The van der Waals surface area contributed by atoms with E-state index in [2.05, 4.69) is 20.9 Å². The molecule has 2 nitrogen and oxygen atoms in total. The molecule has 2 aromatic carbocycles. The van der Waals surface area contributed by atoms with Crippen LogP contribution in [-0.2, 0) is 0 Å². The number of fused-ring (bicyclic) bond motifs is 1. The van der Waals surface area contributed by atoms with E-state index in [0.717, 1.165) is 16.1 Å². The van der Waals surface area contributed by atoms with Crippen LogP contribution >= 0.6 is 28.1 Å². The molecule has 0 saturated carbocycles. The molecule has 0 fully saturated rings. The van der Waals surface area contributed by atoms with Crippen LogP contribution < -0.4 is 0 Å². The molecule has 0 radical (unpaired) electrons. The van der Waals surface area contributed by atoms with Crippen molar-refractivity contribution >= 4 is 39.2 Å². The Morgan fingerprint density at radius 3 is 2.52 bits per heavy atom. The molecule has 1 N–H and O–H groups in total. The van der Waals surface area contributed by atoms with Gasteiger partial charge < -0.3 is 9.55 Å². The third-order valence-electron chi connectivity index (χ3n) is 3.48. The van der Waals surface area contributed by atoms with Crippen LogP contribution in [0.2, 0.25) is 0 Å². The van der Waals surface area contributed by atoms with Gasteiger partial charge in [0, 0.05) is 10.5 Å². The third-order valence-corrected chi connectivity index (χ3v) is 4.31. The first-order valence-electron chi connectivity index (χ1n) is 6.32. The fourth-order valence-electron chi connectivity index (χ4n) is 2.43. The lowest BCUT2D eigenvalue weighted by Crippen LogP contribution is -2.06. The summed E-state index contributed by atoms with van der Waals surface area (Å²) in [7, 11) is 0. The smallest absolute Gasteiger partial charge is 0.178 e. The fraction of sp³-hybridized carbons (Fsp3) is 0.133. The number of rotatable bonds is 2. The van der Waals surface area contributed by atoms with E-state index in [-0.39, 0.29) is 11.6 Å². The lowest BCUT2D eigenvalue weighted by Gasteiger charge is -2.15. The monoisotopic (exact) mass is 368 g/mol. The molecule has 108 valence electrons. The predicted molar refractivity (Wildman–Crippen MR) is 85.0 cm³/mol. The summed E-state index contributed by atoms with van der Waals surface area (Å²) in [5.74, 6) is -1.26. The van der Waals surface area contributed by atoms with E-state index >= 15 is 0 Å². The average Bonchev–Trinajstić information content (AvgIpc) is 2.75. The number of hydrogen-bond acceptors (Lipinski definition) is 1.